The highest BCUT2D eigenvalue weighted by Gasteiger charge is 2.36. The quantitative estimate of drug-likeness (QED) is 0.855. The molecular formula is C15H18FN3. The minimum absolute atomic E-state index is 0.0750. The molecule has 0 saturated carbocycles. The number of nitrogens with two attached hydrogens (primary N) is 1. The molecular weight excluding hydrogens is 241 g/mol. The van der Waals surface area contributed by atoms with Crippen LogP contribution in [-0.4, -0.2) is 9.78 Å². The van der Waals surface area contributed by atoms with E-state index in [1.807, 2.05) is 6.92 Å². The highest BCUT2D eigenvalue weighted by molar-refractivity contribution is 5.56. The molecule has 0 amide bonds. The summed E-state index contributed by atoms with van der Waals surface area (Å²) in [6.45, 7) is 6.26. The van der Waals surface area contributed by atoms with E-state index in [-0.39, 0.29) is 11.2 Å². The summed E-state index contributed by atoms with van der Waals surface area (Å²) in [5.74, 6) is 0.451. The third-order valence-electron chi connectivity index (χ3n) is 4.04. The Morgan fingerprint density at radius 2 is 2.11 bits per heavy atom. The van der Waals surface area contributed by atoms with Crippen LogP contribution in [0.3, 0.4) is 0 Å². The number of nitrogens with zero attached hydrogens (tertiary/aromatic N) is 2. The van der Waals surface area contributed by atoms with Crippen molar-refractivity contribution in [2.24, 2.45) is 0 Å². The van der Waals surface area contributed by atoms with Gasteiger partial charge in [0.1, 0.15) is 11.6 Å². The van der Waals surface area contributed by atoms with Crippen molar-refractivity contribution < 1.29 is 4.39 Å². The Balaban J connectivity index is 2.18. The van der Waals surface area contributed by atoms with Crippen LogP contribution < -0.4 is 5.73 Å². The first-order valence-corrected chi connectivity index (χ1v) is 6.54. The van der Waals surface area contributed by atoms with Gasteiger partial charge in [-0.3, -0.25) is 0 Å². The van der Waals surface area contributed by atoms with Gasteiger partial charge in [-0.2, -0.15) is 5.10 Å². The molecule has 1 aromatic heterocycles. The number of anilines is 1. The van der Waals surface area contributed by atoms with E-state index in [0.29, 0.717) is 5.82 Å². The summed E-state index contributed by atoms with van der Waals surface area (Å²) in [7, 11) is 0. The molecule has 0 fully saturated rings. The lowest BCUT2D eigenvalue weighted by molar-refractivity contribution is 0.519. The van der Waals surface area contributed by atoms with Crippen LogP contribution in [-0.2, 0) is 11.8 Å². The standard InChI is InChI=1S/C15H18FN3/c1-9-8-10(16)4-5-12(9)19-14(17)13-11(18-19)6-7-15(13,2)3/h4-5,8H,6-7,17H2,1-3H3. The summed E-state index contributed by atoms with van der Waals surface area (Å²) in [4.78, 5) is 0. The van der Waals surface area contributed by atoms with E-state index in [2.05, 4.69) is 18.9 Å². The second kappa shape index (κ2) is 3.83. The number of aryl methyl sites for hydroxylation is 2. The van der Waals surface area contributed by atoms with Crippen molar-refractivity contribution in [3.63, 3.8) is 0 Å². The molecule has 1 aliphatic carbocycles. The first kappa shape index (κ1) is 12.2. The Bertz CT molecular complexity index is 656. The first-order chi connectivity index (χ1) is 8.90. The normalized spacial score (nSPS) is 16.6. The van der Waals surface area contributed by atoms with Crippen molar-refractivity contribution in [3.05, 3.63) is 40.8 Å². The Morgan fingerprint density at radius 3 is 2.74 bits per heavy atom. The van der Waals surface area contributed by atoms with Crippen LogP contribution in [0, 0.1) is 12.7 Å². The monoisotopic (exact) mass is 259 g/mol. The zero-order chi connectivity index (χ0) is 13.8. The second-order valence-electron chi connectivity index (χ2n) is 5.93. The van der Waals surface area contributed by atoms with E-state index in [1.54, 1.807) is 10.7 Å². The topological polar surface area (TPSA) is 43.8 Å². The number of rotatable bonds is 1. The predicted octanol–water partition coefficient (Wildman–Crippen LogP) is 3.13. The second-order valence-corrected chi connectivity index (χ2v) is 5.93. The van der Waals surface area contributed by atoms with Crippen LogP contribution in [0.15, 0.2) is 18.2 Å². The van der Waals surface area contributed by atoms with E-state index < -0.39 is 0 Å². The van der Waals surface area contributed by atoms with Gasteiger partial charge in [0.2, 0.25) is 0 Å². The molecule has 0 saturated heterocycles. The Morgan fingerprint density at radius 1 is 1.37 bits per heavy atom. The molecule has 19 heavy (non-hydrogen) atoms. The predicted molar refractivity (Wildman–Crippen MR) is 74.0 cm³/mol. The lowest BCUT2D eigenvalue weighted by atomic mass is 9.87. The zero-order valence-corrected chi connectivity index (χ0v) is 11.5. The first-order valence-electron chi connectivity index (χ1n) is 6.54. The molecule has 0 atom stereocenters. The Labute approximate surface area is 112 Å². The van der Waals surface area contributed by atoms with E-state index in [0.717, 1.165) is 35.3 Å². The van der Waals surface area contributed by atoms with Gasteiger partial charge in [-0.25, -0.2) is 9.07 Å². The number of benzene rings is 1. The van der Waals surface area contributed by atoms with E-state index in [1.165, 1.54) is 12.1 Å². The van der Waals surface area contributed by atoms with E-state index >= 15 is 0 Å². The van der Waals surface area contributed by atoms with E-state index in [4.69, 9.17) is 5.73 Å². The van der Waals surface area contributed by atoms with Crippen LogP contribution in [0.4, 0.5) is 10.2 Å². The van der Waals surface area contributed by atoms with Crippen molar-refractivity contribution in [3.8, 4) is 5.69 Å². The molecule has 1 aliphatic rings. The van der Waals surface area contributed by atoms with E-state index in [9.17, 15) is 4.39 Å². The maximum atomic E-state index is 13.2. The summed E-state index contributed by atoms with van der Waals surface area (Å²) < 4.78 is 14.9. The number of nitrogen functional groups attached to an aromatic ring is 1. The number of halogens is 1. The molecule has 4 heteroatoms. The van der Waals surface area contributed by atoms with Crippen molar-refractivity contribution >= 4 is 5.82 Å². The molecule has 0 aliphatic heterocycles. The fourth-order valence-corrected chi connectivity index (χ4v) is 2.99. The number of hydrogen-bond acceptors (Lipinski definition) is 2. The molecule has 0 bridgehead atoms. The highest BCUT2D eigenvalue weighted by atomic mass is 19.1. The van der Waals surface area contributed by atoms with Crippen LogP contribution in [0.2, 0.25) is 0 Å². The van der Waals surface area contributed by atoms with Gasteiger partial charge in [0.05, 0.1) is 11.4 Å². The summed E-state index contributed by atoms with van der Waals surface area (Å²) >= 11 is 0. The van der Waals surface area contributed by atoms with Crippen molar-refractivity contribution in [2.75, 3.05) is 5.73 Å². The molecule has 0 radical (unpaired) electrons. The van der Waals surface area contributed by atoms with Gasteiger partial charge in [-0.1, -0.05) is 13.8 Å². The Kier molecular flexibility index (Phi) is 2.46. The third kappa shape index (κ3) is 1.74. The van der Waals surface area contributed by atoms with Crippen molar-refractivity contribution in [1.82, 2.24) is 9.78 Å². The third-order valence-corrected chi connectivity index (χ3v) is 4.04. The molecule has 2 N–H and O–H groups in total. The minimum Gasteiger partial charge on any atom is -0.383 e. The van der Waals surface area contributed by atoms with Gasteiger partial charge in [0.15, 0.2) is 0 Å². The highest BCUT2D eigenvalue weighted by Crippen LogP contribution is 2.42. The van der Waals surface area contributed by atoms with Crippen LogP contribution in [0.5, 0.6) is 0 Å². The average molecular weight is 259 g/mol. The molecule has 100 valence electrons. The number of aromatic nitrogens is 2. The van der Waals surface area contributed by atoms with Crippen LogP contribution >= 0.6 is 0 Å². The van der Waals surface area contributed by atoms with Gasteiger partial charge < -0.3 is 5.73 Å². The largest absolute Gasteiger partial charge is 0.383 e. The minimum atomic E-state index is -0.236. The summed E-state index contributed by atoms with van der Waals surface area (Å²) in [6.07, 6.45) is 2.04. The van der Waals surface area contributed by atoms with Gasteiger partial charge in [-0.05, 0) is 48.9 Å². The molecule has 3 rings (SSSR count). The maximum absolute atomic E-state index is 13.2. The molecule has 3 nitrogen and oxygen atoms in total. The smallest absolute Gasteiger partial charge is 0.131 e. The van der Waals surface area contributed by atoms with Gasteiger partial charge in [-0.15, -0.1) is 0 Å². The number of hydrogen-bond donors (Lipinski definition) is 1. The van der Waals surface area contributed by atoms with Crippen molar-refractivity contribution in [1.29, 1.82) is 0 Å². The average Bonchev–Trinajstić information content (AvgIpc) is 2.79. The molecule has 0 unspecified atom stereocenters. The number of fused-ring (bicyclic) bond motifs is 1. The Hall–Kier alpha value is -1.84. The maximum Gasteiger partial charge on any atom is 0.131 e. The zero-order valence-electron chi connectivity index (χ0n) is 11.5. The van der Waals surface area contributed by atoms with Crippen LogP contribution in [0.1, 0.15) is 37.1 Å². The molecule has 1 heterocycles. The summed E-state index contributed by atoms with van der Waals surface area (Å²) in [6, 6.07) is 4.68. The van der Waals surface area contributed by atoms with Gasteiger partial charge in [0.25, 0.3) is 0 Å². The summed E-state index contributed by atoms with van der Waals surface area (Å²) in [5.41, 5.74) is 10.3. The summed E-state index contributed by atoms with van der Waals surface area (Å²) in [5, 5.41) is 4.62. The fourth-order valence-electron chi connectivity index (χ4n) is 2.99. The molecule has 2 aromatic rings. The molecule has 1 aromatic carbocycles. The lowest BCUT2D eigenvalue weighted by Crippen LogP contribution is -2.15. The van der Waals surface area contributed by atoms with Gasteiger partial charge >= 0.3 is 0 Å². The lowest BCUT2D eigenvalue weighted by Gasteiger charge is -2.19. The van der Waals surface area contributed by atoms with Crippen LogP contribution in [0.25, 0.3) is 5.69 Å². The fraction of sp³-hybridized carbons (Fsp3) is 0.400. The SMILES string of the molecule is Cc1cc(F)ccc1-n1nc2c(c1N)C(C)(C)CC2. The van der Waals surface area contributed by atoms with Gasteiger partial charge in [0, 0.05) is 5.56 Å². The molecule has 0 spiro atoms. The van der Waals surface area contributed by atoms with Crippen molar-refractivity contribution in [2.45, 2.75) is 39.0 Å².